The summed E-state index contributed by atoms with van der Waals surface area (Å²) < 4.78 is 5.10. The van der Waals surface area contributed by atoms with Crippen molar-refractivity contribution in [2.24, 2.45) is 0 Å². The number of methoxy groups -OCH3 is 1. The summed E-state index contributed by atoms with van der Waals surface area (Å²) in [4.78, 5) is 25.9. The Bertz CT molecular complexity index is 843. The summed E-state index contributed by atoms with van der Waals surface area (Å²) in [5.74, 6) is 0.202. The summed E-state index contributed by atoms with van der Waals surface area (Å²) in [5, 5.41) is 11.9. The molecule has 1 atom stereocenters. The lowest BCUT2D eigenvalue weighted by Crippen LogP contribution is -2.32. The zero-order valence-corrected chi connectivity index (χ0v) is 13.7. The standard InChI is InChI=1S/C19H17N3O3/c1-25-17-8-7-14(9-15(17)11-20)12-22-18(23)16(21-19(22)24)10-13-5-3-2-4-6-13/h2-9,16H,10,12H2,1H3,(H,21,24)/t16-/m0/s1. The molecule has 1 heterocycles. The Morgan fingerprint density at radius 3 is 2.60 bits per heavy atom. The molecule has 0 aliphatic carbocycles. The molecular formula is C19H17N3O3. The average molecular weight is 335 g/mol. The van der Waals surface area contributed by atoms with Crippen molar-refractivity contribution in [2.75, 3.05) is 7.11 Å². The van der Waals surface area contributed by atoms with Gasteiger partial charge in [-0.3, -0.25) is 9.69 Å². The second kappa shape index (κ2) is 7.05. The molecule has 25 heavy (non-hydrogen) atoms. The van der Waals surface area contributed by atoms with Crippen LogP contribution >= 0.6 is 0 Å². The maximum Gasteiger partial charge on any atom is 0.325 e. The fourth-order valence-corrected chi connectivity index (χ4v) is 2.84. The van der Waals surface area contributed by atoms with E-state index in [2.05, 4.69) is 5.32 Å². The summed E-state index contributed by atoms with van der Waals surface area (Å²) in [6.45, 7) is 0.120. The molecule has 3 amide bonds. The number of hydrogen-bond acceptors (Lipinski definition) is 4. The SMILES string of the molecule is COc1ccc(CN2C(=O)N[C@@H](Cc3ccccc3)C2=O)cc1C#N. The lowest BCUT2D eigenvalue weighted by molar-refractivity contribution is -0.127. The van der Waals surface area contributed by atoms with E-state index in [4.69, 9.17) is 10.00 Å². The number of benzene rings is 2. The molecule has 0 spiro atoms. The zero-order valence-electron chi connectivity index (χ0n) is 13.7. The minimum Gasteiger partial charge on any atom is -0.495 e. The molecule has 6 nitrogen and oxygen atoms in total. The number of nitriles is 1. The van der Waals surface area contributed by atoms with Crippen molar-refractivity contribution in [1.29, 1.82) is 5.26 Å². The summed E-state index contributed by atoms with van der Waals surface area (Å²) >= 11 is 0. The van der Waals surface area contributed by atoms with Gasteiger partial charge in [0.2, 0.25) is 0 Å². The topological polar surface area (TPSA) is 82.4 Å². The van der Waals surface area contributed by atoms with Crippen molar-refractivity contribution in [3.05, 3.63) is 65.2 Å². The first-order valence-electron chi connectivity index (χ1n) is 7.85. The van der Waals surface area contributed by atoms with Gasteiger partial charge in [0, 0.05) is 6.42 Å². The van der Waals surface area contributed by atoms with Gasteiger partial charge in [0.15, 0.2) is 0 Å². The monoisotopic (exact) mass is 335 g/mol. The van der Waals surface area contributed by atoms with Crippen LogP contribution in [0, 0.1) is 11.3 Å². The molecule has 2 aromatic rings. The van der Waals surface area contributed by atoms with Crippen LogP contribution in [0.25, 0.3) is 0 Å². The van der Waals surface area contributed by atoms with E-state index in [1.54, 1.807) is 18.2 Å². The number of nitrogens with one attached hydrogen (secondary N) is 1. The minimum atomic E-state index is -0.566. The second-order valence-electron chi connectivity index (χ2n) is 5.76. The third-order valence-electron chi connectivity index (χ3n) is 4.11. The molecule has 6 heteroatoms. The van der Waals surface area contributed by atoms with Crippen molar-refractivity contribution < 1.29 is 14.3 Å². The fraction of sp³-hybridized carbons (Fsp3) is 0.211. The highest BCUT2D eigenvalue weighted by molar-refractivity contribution is 6.04. The Morgan fingerprint density at radius 1 is 1.16 bits per heavy atom. The minimum absolute atomic E-state index is 0.120. The van der Waals surface area contributed by atoms with E-state index in [1.807, 2.05) is 36.4 Å². The van der Waals surface area contributed by atoms with Crippen LogP contribution in [0.5, 0.6) is 5.75 Å². The van der Waals surface area contributed by atoms with Gasteiger partial charge < -0.3 is 10.1 Å². The third kappa shape index (κ3) is 3.45. The molecule has 3 rings (SSSR count). The molecule has 1 saturated heterocycles. The number of amides is 3. The maximum atomic E-state index is 12.6. The van der Waals surface area contributed by atoms with Gasteiger partial charge in [-0.05, 0) is 23.3 Å². The highest BCUT2D eigenvalue weighted by Gasteiger charge is 2.37. The average Bonchev–Trinajstić information content (AvgIpc) is 2.90. The van der Waals surface area contributed by atoms with Gasteiger partial charge in [0.1, 0.15) is 17.9 Å². The van der Waals surface area contributed by atoms with Crippen LogP contribution in [-0.2, 0) is 17.8 Å². The number of nitrogens with zero attached hydrogens (tertiary/aromatic N) is 2. The first-order valence-corrected chi connectivity index (χ1v) is 7.85. The first kappa shape index (κ1) is 16.5. The summed E-state index contributed by atoms with van der Waals surface area (Å²) in [7, 11) is 1.49. The van der Waals surface area contributed by atoms with Gasteiger partial charge >= 0.3 is 6.03 Å². The number of carbonyl (C=O) groups is 2. The maximum absolute atomic E-state index is 12.6. The summed E-state index contributed by atoms with van der Waals surface area (Å²) in [6.07, 6.45) is 0.452. The lowest BCUT2D eigenvalue weighted by Gasteiger charge is -2.14. The quantitative estimate of drug-likeness (QED) is 0.850. The Morgan fingerprint density at radius 2 is 1.92 bits per heavy atom. The van der Waals surface area contributed by atoms with E-state index in [9.17, 15) is 9.59 Å². The van der Waals surface area contributed by atoms with E-state index >= 15 is 0 Å². The van der Waals surface area contributed by atoms with Crippen molar-refractivity contribution in [1.82, 2.24) is 10.2 Å². The van der Waals surface area contributed by atoms with Gasteiger partial charge in [-0.1, -0.05) is 36.4 Å². The molecule has 1 fully saturated rings. The van der Waals surface area contributed by atoms with Gasteiger partial charge in [-0.2, -0.15) is 5.26 Å². The highest BCUT2D eigenvalue weighted by Crippen LogP contribution is 2.21. The number of hydrogen-bond donors (Lipinski definition) is 1. The van der Waals surface area contributed by atoms with Crippen LogP contribution in [-0.4, -0.2) is 30.0 Å². The Balaban J connectivity index is 1.74. The number of rotatable bonds is 5. The van der Waals surface area contributed by atoms with Gasteiger partial charge in [0.25, 0.3) is 5.91 Å². The van der Waals surface area contributed by atoms with Crippen molar-refractivity contribution >= 4 is 11.9 Å². The molecule has 0 bridgehead atoms. The van der Waals surface area contributed by atoms with Crippen LogP contribution in [0.2, 0.25) is 0 Å². The van der Waals surface area contributed by atoms with Crippen LogP contribution in [0.1, 0.15) is 16.7 Å². The fourth-order valence-electron chi connectivity index (χ4n) is 2.84. The van der Waals surface area contributed by atoms with Crippen molar-refractivity contribution in [2.45, 2.75) is 19.0 Å². The molecule has 1 aliphatic rings. The molecule has 0 aromatic heterocycles. The zero-order chi connectivity index (χ0) is 17.8. The Hall–Kier alpha value is -3.33. The largest absolute Gasteiger partial charge is 0.495 e. The van der Waals surface area contributed by atoms with E-state index in [0.717, 1.165) is 5.56 Å². The van der Waals surface area contributed by atoms with Gasteiger partial charge in [0.05, 0.1) is 19.2 Å². The molecule has 126 valence electrons. The summed E-state index contributed by atoms with van der Waals surface area (Å²) in [5.41, 5.74) is 2.05. The van der Waals surface area contributed by atoms with Crippen LogP contribution in [0.4, 0.5) is 4.79 Å². The molecule has 0 unspecified atom stereocenters. The normalized spacial score (nSPS) is 16.5. The van der Waals surface area contributed by atoms with Crippen LogP contribution in [0.15, 0.2) is 48.5 Å². The second-order valence-corrected chi connectivity index (χ2v) is 5.76. The smallest absolute Gasteiger partial charge is 0.325 e. The van der Waals surface area contributed by atoms with Crippen molar-refractivity contribution in [3.8, 4) is 11.8 Å². The molecule has 1 aliphatic heterocycles. The molecule has 1 N–H and O–H groups in total. The van der Waals surface area contributed by atoms with Crippen molar-refractivity contribution in [3.63, 3.8) is 0 Å². The third-order valence-corrected chi connectivity index (χ3v) is 4.11. The molecule has 0 saturated carbocycles. The van der Waals surface area contributed by atoms with Crippen LogP contribution in [0.3, 0.4) is 0 Å². The van der Waals surface area contributed by atoms with Crippen LogP contribution < -0.4 is 10.1 Å². The number of imide groups is 1. The number of ether oxygens (including phenoxy) is 1. The molecule has 2 aromatic carbocycles. The van der Waals surface area contributed by atoms with Gasteiger partial charge in [-0.25, -0.2) is 4.79 Å². The number of carbonyl (C=O) groups excluding carboxylic acids is 2. The first-order chi connectivity index (χ1) is 12.1. The predicted molar refractivity (Wildman–Crippen MR) is 90.7 cm³/mol. The van der Waals surface area contributed by atoms with E-state index in [1.165, 1.54) is 12.0 Å². The Kier molecular flexibility index (Phi) is 4.66. The summed E-state index contributed by atoms with van der Waals surface area (Å²) in [6, 6.07) is 15.6. The van der Waals surface area contributed by atoms with E-state index in [-0.39, 0.29) is 12.5 Å². The number of urea groups is 1. The van der Waals surface area contributed by atoms with Gasteiger partial charge in [-0.15, -0.1) is 0 Å². The molecule has 0 radical (unpaired) electrons. The van der Waals surface area contributed by atoms with E-state index in [0.29, 0.717) is 23.3 Å². The van der Waals surface area contributed by atoms with E-state index < -0.39 is 12.1 Å². The lowest BCUT2D eigenvalue weighted by atomic mass is 10.1. The predicted octanol–water partition coefficient (Wildman–Crippen LogP) is 2.23. The molecular weight excluding hydrogens is 318 g/mol. The Labute approximate surface area is 145 Å². The highest BCUT2D eigenvalue weighted by atomic mass is 16.5.